The number of rotatable bonds is 9. The summed E-state index contributed by atoms with van der Waals surface area (Å²) in [6.45, 7) is 5.93. The van der Waals surface area contributed by atoms with Crippen molar-refractivity contribution in [2.75, 3.05) is 26.8 Å². The zero-order valence-electron chi connectivity index (χ0n) is 12.6. The highest BCUT2D eigenvalue weighted by Gasteiger charge is 2.18. The Balaban J connectivity index is 2.72. The van der Waals surface area contributed by atoms with E-state index in [0.29, 0.717) is 24.8 Å². The number of ether oxygens (including phenoxy) is 1. The van der Waals surface area contributed by atoms with Crippen LogP contribution in [0.4, 0.5) is 4.39 Å². The lowest BCUT2D eigenvalue weighted by molar-refractivity contribution is 0.0811. The van der Waals surface area contributed by atoms with Crippen LogP contribution in [0.2, 0.25) is 0 Å². The van der Waals surface area contributed by atoms with Crippen molar-refractivity contribution in [3.05, 3.63) is 35.6 Å². The van der Waals surface area contributed by atoms with Crippen LogP contribution in [-0.2, 0) is 4.74 Å². The molecule has 1 rings (SSSR count). The Bertz CT molecular complexity index is 401. The summed E-state index contributed by atoms with van der Waals surface area (Å²) in [5.41, 5.74) is 0.555. The van der Waals surface area contributed by atoms with Gasteiger partial charge in [0.1, 0.15) is 5.82 Å². The highest BCUT2D eigenvalue weighted by atomic mass is 19.1. The van der Waals surface area contributed by atoms with Gasteiger partial charge >= 0.3 is 0 Å². The number of ketones is 1. The molecule has 0 unspecified atom stereocenters. The van der Waals surface area contributed by atoms with E-state index in [2.05, 4.69) is 18.7 Å². The number of Topliss-reactive ketones (excluding diaryl/α,β-unsaturated/α-hetero) is 1. The van der Waals surface area contributed by atoms with Crippen LogP contribution in [0.1, 0.15) is 37.0 Å². The van der Waals surface area contributed by atoms with E-state index in [0.717, 1.165) is 19.4 Å². The molecule has 0 heterocycles. The quantitative estimate of drug-likeness (QED) is 0.651. The van der Waals surface area contributed by atoms with Crippen molar-refractivity contribution in [1.82, 2.24) is 4.90 Å². The summed E-state index contributed by atoms with van der Waals surface area (Å²) in [6.07, 6.45) is 1.99. The van der Waals surface area contributed by atoms with Crippen LogP contribution < -0.4 is 0 Å². The Morgan fingerprint density at radius 1 is 1.25 bits per heavy atom. The van der Waals surface area contributed by atoms with Crippen molar-refractivity contribution in [3.8, 4) is 0 Å². The fourth-order valence-corrected chi connectivity index (χ4v) is 2.32. The minimum atomic E-state index is -0.321. The molecule has 0 aliphatic rings. The third-order valence-corrected chi connectivity index (χ3v) is 3.55. The first-order valence-corrected chi connectivity index (χ1v) is 7.14. The standard InChI is InChI=1S/C16H24FNO2/c1-4-15(5-2)18(10-11-20-3)12-16(19)13-6-8-14(17)9-7-13/h6-9,15H,4-5,10-12H2,1-3H3. The van der Waals surface area contributed by atoms with Gasteiger partial charge in [0.15, 0.2) is 5.78 Å². The number of methoxy groups -OCH3 is 1. The van der Waals surface area contributed by atoms with Gasteiger partial charge in [0.25, 0.3) is 0 Å². The van der Waals surface area contributed by atoms with Crippen molar-refractivity contribution in [2.24, 2.45) is 0 Å². The van der Waals surface area contributed by atoms with E-state index in [1.165, 1.54) is 12.1 Å². The van der Waals surface area contributed by atoms with Crippen LogP contribution in [0.25, 0.3) is 0 Å². The molecule has 0 fully saturated rings. The molecule has 20 heavy (non-hydrogen) atoms. The van der Waals surface area contributed by atoms with Gasteiger partial charge < -0.3 is 4.74 Å². The van der Waals surface area contributed by atoms with Crippen LogP contribution >= 0.6 is 0 Å². The third kappa shape index (κ3) is 5.02. The van der Waals surface area contributed by atoms with Gasteiger partial charge in [-0.2, -0.15) is 0 Å². The molecule has 0 bridgehead atoms. The highest BCUT2D eigenvalue weighted by Crippen LogP contribution is 2.11. The highest BCUT2D eigenvalue weighted by molar-refractivity contribution is 5.97. The molecule has 4 heteroatoms. The topological polar surface area (TPSA) is 29.5 Å². The predicted molar refractivity (Wildman–Crippen MR) is 78.5 cm³/mol. The van der Waals surface area contributed by atoms with E-state index < -0.39 is 0 Å². The monoisotopic (exact) mass is 281 g/mol. The number of benzene rings is 1. The molecule has 0 aliphatic heterocycles. The van der Waals surface area contributed by atoms with Gasteiger partial charge in [-0.15, -0.1) is 0 Å². The first kappa shape index (κ1) is 16.8. The number of carbonyl (C=O) groups is 1. The molecule has 0 aromatic heterocycles. The van der Waals surface area contributed by atoms with Gasteiger partial charge in [0.05, 0.1) is 13.2 Å². The Kier molecular flexibility index (Phi) is 7.41. The van der Waals surface area contributed by atoms with Crippen molar-refractivity contribution in [3.63, 3.8) is 0 Å². The SMILES string of the molecule is CCC(CC)N(CCOC)CC(=O)c1ccc(F)cc1. The van der Waals surface area contributed by atoms with Crippen molar-refractivity contribution in [2.45, 2.75) is 32.7 Å². The molecule has 0 saturated carbocycles. The average molecular weight is 281 g/mol. The maximum Gasteiger partial charge on any atom is 0.176 e. The second kappa shape index (κ2) is 8.82. The van der Waals surface area contributed by atoms with Gasteiger partial charge in [0.2, 0.25) is 0 Å². The summed E-state index contributed by atoms with van der Waals surface area (Å²) >= 11 is 0. The molecule has 0 atom stereocenters. The van der Waals surface area contributed by atoms with Crippen LogP contribution in [0.15, 0.2) is 24.3 Å². The first-order valence-electron chi connectivity index (χ1n) is 7.14. The van der Waals surface area contributed by atoms with Gasteiger partial charge in [-0.05, 0) is 37.1 Å². The summed E-state index contributed by atoms with van der Waals surface area (Å²) in [7, 11) is 1.66. The molecular formula is C16H24FNO2. The smallest absolute Gasteiger partial charge is 0.176 e. The summed E-state index contributed by atoms with van der Waals surface area (Å²) in [4.78, 5) is 14.4. The van der Waals surface area contributed by atoms with Gasteiger partial charge in [-0.25, -0.2) is 4.39 Å². The minimum absolute atomic E-state index is 0.0213. The third-order valence-electron chi connectivity index (χ3n) is 3.55. The van der Waals surface area contributed by atoms with Gasteiger partial charge in [-0.1, -0.05) is 13.8 Å². The number of hydrogen-bond donors (Lipinski definition) is 0. The number of carbonyl (C=O) groups excluding carboxylic acids is 1. The molecule has 112 valence electrons. The number of nitrogens with zero attached hydrogens (tertiary/aromatic N) is 1. The van der Waals surface area contributed by atoms with Crippen molar-refractivity contribution in [1.29, 1.82) is 0 Å². The molecule has 3 nitrogen and oxygen atoms in total. The van der Waals surface area contributed by atoms with Gasteiger partial charge in [-0.3, -0.25) is 9.69 Å². The molecule has 0 aliphatic carbocycles. The van der Waals surface area contributed by atoms with Crippen molar-refractivity contribution < 1.29 is 13.9 Å². The van der Waals surface area contributed by atoms with E-state index in [-0.39, 0.29) is 11.6 Å². The van der Waals surface area contributed by atoms with E-state index in [9.17, 15) is 9.18 Å². The number of halogens is 1. The fourth-order valence-electron chi connectivity index (χ4n) is 2.32. The van der Waals surface area contributed by atoms with Crippen LogP contribution in [-0.4, -0.2) is 43.5 Å². The minimum Gasteiger partial charge on any atom is -0.383 e. The summed E-state index contributed by atoms with van der Waals surface area (Å²) in [5, 5.41) is 0. The molecule has 1 aromatic rings. The second-order valence-corrected chi connectivity index (χ2v) is 4.86. The molecular weight excluding hydrogens is 257 g/mol. The molecule has 0 saturated heterocycles. The van der Waals surface area contributed by atoms with Gasteiger partial charge in [0, 0.05) is 25.3 Å². The molecule has 0 N–H and O–H groups in total. The van der Waals surface area contributed by atoms with E-state index in [1.807, 2.05) is 0 Å². The van der Waals surface area contributed by atoms with E-state index in [4.69, 9.17) is 4.74 Å². The predicted octanol–water partition coefficient (Wildman–Crippen LogP) is 3.15. The zero-order valence-corrected chi connectivity index (χ0v) is 12.6. The average Bonchev–Trinajstić information content (AvgIpc) is 2.46. The lowest BCUT2D eigenvalue weighted by Crippen LogP contribution is -2.40. The largest absolute Gasteiger partial charge is 0.383 e. The Labute approximate surface area is 120 Å². The first-order chi connectivity index (χ1) is 9.62. The zero-order chi connectivity index (χ0) is 15.0. The maximum atomic E-state index is 12.9. The van der Waals surface area contributed by atoms with Crippen LogP contribution in [0.5, 0.6) is 0 Å². The van der Waals surface area contributed by atoms with Crippen molar-refractivity contribution >= 4 is 5.78 Å². The van der Waals surface area contributed by atoms with E-state index >= 15 is 0 Å². The lowest BCUT2D eigenvalue weighted by Gasteiger charge is -2.29. The number of hydrogen-bond acceptors (Lipinski definition) is 3. The summed E-state index contributed by atoms with van der Waals surface area (Å²) in [6, 6.07) is 6.10. The van der Waals surface area contributed by atoms with E-state index in [1.54, 1.807) is 19.2 Å². The Morgan fingerprint density at radius 2 is 1.85 bits per heavy atom. The normalized spacial score (nSPS) is 11.3. The lowest BCUT2D eigenvalue weighted by atomic mass is 10.1. The fraction of sp³-hybridized carbons (Fsp3) is 0.562. The molecule has 0 radical (unpaired) electrons. The molecule has 0 amide bonds. The summed E-state index contributed by atoms with van der Waals surface area (Å²) < 4.78 is 18.0. The Morgan fingerprint density at radius 3 is 2.35 bits per heavy atom. The maximum absolute atomic E-state index is 12.9. The Hall–Kier alpha value is -1.26. The van der Waals surface area contributed by atoms with Crippen LogP contribution in [0.3, 0.4) is 0 Å². The van der Waals surface area contributed by atoms with Crippen LogP contribution in [0, 0.1) is 5.82 Å². The molecule has 1 aromatic carbocycles. The second-order valence-electron chi connectivity index (χ2n) is 4.86. The summed E-state index contributed by atoms with van der Waals surface area (Å²) in [5.74, 6) is -0.300. The molecule has 0 spiro atoms.